The molecule has 1 aliphatic rings. The minimum absolute atomic E-state index is 0.434. The standard InChI is InChI=1S/C6H4ClN3/c7-6-3-9-4-1-8-2-5(4)10-6/h1,3H,2H2. The highest BCUT2D eigenvalue weighted by Crippen LogP contribution is 2.11. The second kappa shape index (κ2) is 2.02. The summed E-state index contributed by atoms with van der Waals surface area (Å²) in [4.78, 5) is 12.0. The quantitative estimate of drug-likeness (QED) is 0.559. The molecule has 0 fully saturated rings. The Kier molecular flexibility index (Phi) is 1.17. The molecule has 0 atom stereocenters. The lowest BCUT2D eigenvalue weighted by atomic mass is 10.4. The molecule has 2 heterocycles. The number of aromatic nitrogens is 2. The summed E-state index contributed by atoms with van der Waals surface area (Å²) in [6.45, 7) is 0.614. The van der Waals surface area contributed by atoms with Gasteiger partial charge in [-0.05, 0) is 0 Å². The highest BCUT2D eigenvalue weighted by Gasteiger charge is 2.08. The van der Waals surface area contributed by atoms with E-state index in [4.69, 9.17) is 11.6 Å². The minimum Gasteiger partial charge on any atom is -0.284 e. The lowest BCUT2D eigenvalue weighted by Gasteiger charge is -1.93. The minimum atomic E-state index is 0.434. The smallest absolute Gasteiger partial charge is 0.147 e. The molecule has 0 radical (unpaired) electrons. The molecule has 1 aromatic rings. The fraction of sp³-hybridized carbons (Fsp3) is 0.167. The largest absolute Gasteiger partial charge is 0.284 e. The van der Waals surface area contributed by atoms with Crippen molar-refractivity contribution in [3.05, 3.63) is 22.7 Å². The third-order valence-electron chi connectivity index (χ3n) is 1.30. The first-order valence-electron chi connectivity index (χ1n) is 2.87. The van der Waals surface area contributed by atoms with Crippen molar-refractivity contribution >= 4 is 17.8 Å². The molecule has 50 valence electrons. The van der Waals surface area contributed by atoms with Crippen molar-refractivity contribution in [3.8, 4) is 0 Å². The number of aliphatic imine (C=N–C) groups is 1. The van der Waals surface area contributed by atoms with Gasteiger partial charge < -0.3 is 0 Å². The molecule has 0 unspecified atom stereocenters. The van der Waals surface area contributed by atoms with Gasteiger partial charge in [-0.3, -0.25) is 9.98 Å². The van der Waals surface area contributed by atoms with Crippen LogP contribution >= 0.6 is 11.6 Å². The summed E-state index contributed by atoms with van der Waals surface area (Å²) < 4.78 is 0. The first-order valence-corrected chi connectivity index (χ1v) is 3.25. The topological polar surface area (TPSA) is 38.1 Å². The zero-order valence-electron chi connectivity index (χ0n) is 5.08. The molecule has 0 aliphatic carbocycles. The van der Waals surface area contributed by atoms with Crippen LogP contribution in [-0.2, 0) is 6.54 Å². The van der Waals surface area contributed by atoms with Crippen LogP contribution in [0.5, 0.6) is 0 Å². The molecule has 0 bridgehead atoms. The van der Waals surface area contributed by atoms with Crippen LogP contribution in [0.3, 0.4) is 0 Å². The molecule has 0 N–H and O–H groups in total. The first-order chi connectivity index (χ1) is 4.86. The van der Waals surface area contributed by atoms with Crippen molar-refractivity contribution in [2.75, 3.05) is 0 Å². The van der Waals surface area contributed by atoms with Gasteiger partial charge in [-0.2, -0.15) is 0 Å². The van der Waals surface area contributed by atoms with Crippen molar-refractivity contribution in [2.24, 2.45) is 4.99 Å². The Labute approximate surface area is 62.8 Å². The van der Waals surface area contributed by atoms with Crippen LogP contribution in [-0.4, -0.2) is 16.2 Å². The number of fused-ring (bicyclic) bond motifs is 1. The van der Waals surface area contributed by atoms with Gasteiger partial charge in [-0.1, -0.05) is 11.6 Å². The Bertz CT molecular complexity index is 295. The van der Waals surface area contributed by atoms with E-state index >= 15 is 0 Å². The summed E-state index contributed by atoms with van der Waals surface area (Å²) in [5.41, 5.74) is 1.71. The number of halogens is 1. The predicted molar refractivity (Wildman–Crippen MR) is 38.3 cm³/mol. The Hall–Kier alpha value is -0.960. The number of rotatable bonds is 0. The second-order valence-electron chi connectivity index (χ2n) is 1.99. The monoisotopic (exact) mass is 153 g/mol. The molecule has 0 saturated heterocycles. The average Bonchev–Trinajstić information content (AvgIpc) is 2.33. The Balaban J connectivity index is 2.59. The van der Waals surface area contributed by atoms with Gasteiger partial charge in [-0.15, -0.1) is 0 Å². The summed E-state index contributed by atoms with van der Waals surface area (Å²) >= 11 is 5.59. The van der Waals surface area contributed by atoms with Gasteiger partial charge in [0.2, 0.25) is 0 Å². The van der Waals surface area contributed by atoms with Crippen LogP contribution in [0.4, 0.5) is 0 Å². The third kappa shape index (κ3) is 0.789. The fourth-order valence-corrected chi connectivity index (χ4v) is 1.01. The van der Waals surface area contributed by atoms with E-state index in [1.807, 2.05) is 0 Å². The van der Waals surface area contributed by atoms with Gasteiger partial charge in [-0.25, -0.2) is 4.98 Å². The highest BCUT2D eigenvalue weighted by atomic mass is 35.5. The molecule has 0 amide bonds. The van der Waals surface area contributed by atoms with E-state index in [9.17, 15) is 0 Å². The van der Waals surface area contributed by atoms with E-state index < -0.39 is 0 Å². The van der Waals surface area contributed by atoms with Crippen LogP contribution in [0.1, 0.15) is 11.4 Å². The fourth-order valence-electron chi connectivity index (χ4n) is 0.855. The molecule has 0 aromatic carbocycles. The van der Waals surface area contributed by atoms with Crippen molar-refractivity contribution in [3.63, 3.8) is 0 Å². The van der Waals surface area contributed by atoms with Crippen LogP contribution in [0, 0.1) is 0 Å². The van der Waals surface area contributed by atoms with Crippen LogP contribution < -0.4 is 0 Å². The highest BCUT2D eigenvalue weighted by molar-refractivity contribution is 6.29. The van der Waals surface area contributed by atoms with Crippen molar-refractivity contribution in [2.45, 2.75) is 6.54 Å². The molecule has 1 aromatic heterocycles. The SMILES string of the molecule is Clc1cnc2c(n1)CN=C2. The van der Waals surface area contributed by atoms with E-state index in [0.717, 1.165) is 11.4 Å². The maximum Gasteiger partial charge on any atom is 0.147 e. The molecular weight excluding hydrogens is 150 g/mol. The van der Waals surface area contributed by atoms with Crippen LogP contribution in [0.25, 0.3) is 0 Å². The van der Waals surface area contributed by atoms with Gasteiger partial charge in [0, 0.05) is 6.21 Å². The van der Waals surface area contributed by atoms with Crippen LogP contribution in [0.15, 0.2) is 11.2 Å². The molecular formula is C6H4ClN3. The lowest BCUT2D eigenvalue weighted by molar-refractivity contribution is 0.998. The zero-order chi connectivity index (χ0) is 6.97. The van der Waals surface area contributed by atoms with E-state index in [-0.39, 0.29) is 0 Å². The predicted octanol–water partition coefficient (Wildman–Crippen LogP) is 1.06. The maximum absolute atomic E-state index is 5.59. The van der Waals surface area contributed by atoms with Crippen molar-refractivity contribution in [1.82, 2.24) is 9.97 Å². The molecule has 0 saturated carbocycles. The molecule has 1 aliphatic heterocycles. The Morgan fingerprint density at radius 2 is 2.40 bits per heavy atom. The van der Waals surface area contributed by atoms with Gasteiger partial charge in [0.1, 0.15) is 10.8 Å². The van der Waals surface area contributed by atoms with E-state index in [2.05, 4.69) is 15.0 Å². The molecule has 10 heavy (non-hydrogen) atoms. The maximum atomic E-state index is 5.59. The summed E-state index contributed by atoms with van der Waals surface area (Å²) in [5.74, 6) is 0. The van der Waals surface area contributed by atoms with Crippen molar-refractivity contribution in [1.29, 1.82) is 0 Å². The van der Waals surface area contributed by atoms with Gasteiger partial charge in [0.05, 0.1) is 18.4 Å². The van der Waals surface area contributed by atoms with Gasteiger partial charge >= 0.3 is 0 Å². The zero-order valence-corrected chi connectivity index (χ0v) is 5.84. The molecule has 2 rings (SSSR count). The Morgan fingerprint density at radius 1 is 1.50 bits per heavy atom. The third-order valence-corrected chi connectivity index (χ3v) is 1.48. The van der Waals surface area contributed by atoms with Gasteiger partial charge in [0.25, 0.3) is 0 Å². The number of nitrogens with zero attached hydrogens (tertiary/aromatic N) is 3. The average molecular weight is 154 g/mol. The molecule has 0 spiro atoms. The summed E-state index contributed by atoms with van der Waals surface area (Å²) in [5, 5.41) is 0.434. The summed E-state index contributed by atoms with van der Waals surface area (Å²) in [6, 6.07) is 0. The lowest BCUT2D eigenvalue weighted by Crippen LogP contribution is -1.92. The second-order valence-corrected chi connectivity index (χ2v) is 2.38. The van der Waals surface area contributed by atoms with E-state index in [1.165, 1.54) is 6.20 Å². The summed E-state index contributed by atoms with van der Waals surface area (Å²) in [7, 11) is 0. The van der Waals surface area contributed by atoms with Gasteiger partial charge in [0.15, 0.2) is 0 Å². The Morgan fingerprint density at radius 3 is 3.30 bits per heavy atom. The van der Waals surface area contributed by atoms with E-state index in [0.29, 0.717) is 11.7 Å². The number of hydrogen-bond donors (Lipinski definition) is 0. The van der Waals surface area contributed by atoms with Crippen molar-refractivity contribution < 1.29 is 0 Å². The molecule has 3 nitrogen and oxygen atoms in total. The summed E-state index contributed by atoms with van der Waals surface area (Å²) in [6.07, 6.45) is 3.23. The van der Waals surface area contributed by atoms with Crippen LogP contribution in [0.2, 0.25) is 5.15 Å². The number of hydrogen-bond acceptors (Lipinski definition) is 3. The molecule has 4 heteroatoms. The first kappa shape index (κ1) is 5.80. The normalized spacial score (nSPS) is 13.7. The van der Waals surface area contributed by atoms with E-state index in [1.54, 1.807) is 6.21 Å².